The summed E-state index contributed by atoms with van der Waals surface area (Å²) in [5, 5.41) is 19.4. The van der Waals surface area contributed by atoms with Crippen molar-refractivity contribution in [2.24, 2.45) is 0 Å². The lowest BCUT2D eigenvalue weighted by molar-refractivity contribution is -0.385. The van der Waals surface area contributed by atoms with Gasteiger partial charge in [-0.05, 0) is 12.5 Å². The molecular weight excluding hydrogens is 184 g/mol. The zero-order valence-corrected chi connectivity index (χ0v) is 7.77. The van der Waals surface area contributed by atoms with E-state index >= 15 is 0 Å². The number of methoxy groups -OCH3 is 1. The molecule has 0 aliphatic carbocycles. The highest BCUT2D eigenvalue weighted by Crippen LogP contribution is 2.32. The molecule has 0 aliphatic rings. The third kappa shape index (κ3) is 1.50. The predicted octanol–water partition coefficient (Wildman–Crippen LogP) is 1.78. The van der Waals surface area contributed by atoms with Gasteiger partial charge in [0.1, 0.15) is 11.6 Å². The summed E-state index contributed by atoms with van der Waals surface area (Å²) in [6.45, 7) is 1.70. The summed E-state index contributed by atoms with van der Waals surface area (Å²) in [5.74, 6) is 0.0255. The highest BCUT2D eigenvalue weighted by atomic mass is 16.6. The molecule has 0 saturated heterocycles. The van der Waals surface area contributed by atoms with Crippen molar-refractivity contribution in [2.75, 3.05) is 7.11 Å². The molecule has 0 heterocycles. The molecule has 1 aromatic rings. The average Bonchev–Trinajstić information content (AvgIpc) is 2.16. The summed E-state index contributed by atoms with van der Waals surface area (Å²) in [4.78, 5) is 10.0. The van der Waals surface area contributed by atoms with Gasteiger partial charge in [-0.2, -0.15) is 5.26 Å². The molecule has 72 valence electrons. The van der Waals surface area contributed by atoms with Crippen molar-refractivity contribution < 1.29 is 9.66 Å². The van der Waals surface area contributed by atoms with E-state index in [9.17, 15) is 10.1 Å². The van der Waals surface area contributed by atoms with E-state index in [-0.39, 0.29) is 17.0 Å². The number of ether oxygens (including phenoxy) is 1. The van der Waals surface area contributed by atoms with Crippen molar-refractivity contribution in [3.05, 3.63) is 33.4 Å². The Morgan fingerprint density at radius 1 is 1.57 bits per heavy atom. The number of benzene rings is 1. The largest absolute Gasteiger partial charge is 0.489 e. The number of hydrogen-bond donors (Lipinski definition) is 0. The van der Waals surface area contributed by atoms with E-state index in [4.69, 9.17) is 10.00 Å². The number of rotatable bonds is 2. The Balaban J connectivity index is 3.50. The highest BCUT2D eigenvalue weighted by molar-refractivity contribution is 5.59. The lowest BCUT2D eigenvalue weighted by Crippen LogP contribution is -1.97. The monoisotopic (exact) mass is 192 g/mol. The van der Waals surface area contributed by atoms with Crippen LogP contribution in [-0.4, -0.2) is 12.0 Å². The summed E-state index contributed by atoms with van der Waals surface area (Å²) in [7, 11) is 1.31. The molecule has 5 nitrogen and oxygen atoms in total. The standard InChI is InChI=1S/C9H8N2O3/c1-6-3-4-8(11(12)13)9(14-2)7(6)5-10/h3-4H,1-2H3. The van der Waals surface area contributed by atoms with Crippen molar-refractivity contribution in [1.29, 1.82) is 5.26 Å². The molecule has 14 heavy (non-hydrogen) atoms. The van der Waals surface area contributed by atoms with Gasteiger partial charge in [-0.1, -0.05) is 6.07 Å². The van der Waals surface area contributed by atoms with Gasteiger partial charge in [0.15, 0.2) is 0 Å². The lowest BCUT2D eigenvalue weighted by Gasteiger charge is -2.05. The lowest BCUT2D eigenvalue weighted by atomic mass is 10.1. The molecule has 0 bridgehead atoms. The first kappa shape index (κ1) is 9.99. The van der Waals surface area contributed by atoms with Crippen LogP contribution in [0.3, 0.4) is 0 Å². The van der Waals surface area contributed by atoms with E-state index in [0.29, 0.717) is 5.56 Å². The smallest absolute Gasteiger partial charge is 0.312 e. The van der Waals surface area contributed by atoms with Gasteiger partial charge in [0.05, 0.1) is 12.0 Å². The van der Waals surface area contributed by atoms with E-state index in [1.807, 2.05) is 6.07 Å². The molecule has 0 unspecified atom stereocenters. The minimum Gasteiger partial charge on any atom is -0.489 e. The molecule has 0 N–H and O–H groups in total. The minimum absolute atomic E-state index is 0.0255. The van der Waals surface area contributed by atoms with Crippen molar-refractivity contribution in [2.45, 2.75) is 6.92 Å². The zero-order valence-electron chi connectivity index (χ0n) is 7.77. The van der Waals surface area contributed by atoms with E-state index in [2.05, 4.69) is 0 Å². The first-order valence-electron chi connectivity index (χ1n) is 3.84. The van der Waals surface area contributed by atoms with Gasteiger partial charge >= 0.3 is 5.69 Å². The summed E-state index contributed by atoms with van der Waals surface area (Å²) in [5.41, 5.74) is 0.686. The summed E-state index contributed by atoms with van der Waals surface area (Å²) < 4.78 is 4.85. The number of aryl methyl sites for hydroxylation is 1. The van der Waals surface area contributed by atoms with Gasteiger partial charge in [0.2, 0.25) is 5.75 Å². The van der Waals surface area contributed by atoms with Crippen molar-refractivity contribution in [3.8, 4) is 11.8 Å². The molecule has 0 spiro atoms. The molecule has 0 aliphatic heterocycles. The van der Waals surface area contributed by atoms with Crippen LogP contribution in [0.2, 0.25) is 0 Å². The molecule has 1 rings (SSSR count). The fourth-order valence-corrected chi connectivity index (χ4v) is 1.16. The Kier molecular flexibility index (Phi) is 2.67. The molecule has 0 radical (unpaired) electrons. The van der Waals surface area contributed by atoms with Gasteiger partial charge in [0, 0.05) is 6.07 Å². The van der Waals surface area contributed by atoms with E-state index in [0.717, 1.165) is 0 Å². The second-order valence-electron chi connectivity index (χ2n) is 2.68. The molecule has 0 atom stereocenters. The SMILES string of the molecule is COc1c([N+](=O)[O-])ccc(C)c1C#N. The number of nitro benzene ring substituents is 1. The Hall–Kier alpha value is -2.09. The fourth-order valence-electron chi connectivity index (χ4n) is 1.16. The van der Waals surface area contributed by atoms with Crippen LogP contribution in [-0.2, 0) is 0 Å². The van der Waals surface area contributed by atoms with Gasteiger partial charge < -0.3 is 4.74 Å². The van der Waals surface area contributed by atoms with Crippen molar-refractivity contribution in [1.82, 2.24) is 0 Å². The Labute approximate surface area is 80.7 Å². The zero-order chi connectivity index (χ0) is 10.7. The molecule has 0 fully saturated rings. The van der Waals surface area contributed by atoms with Crippen molar-refractivity contribution in [3.63, 3.8) is 0 Å². The van der Waals surface area contributed by atoms with Gasteiger partial charge in [-0.15, -0.1) is 0 Å². The summed E-state index contributed by atoms with van der Waals surface area (Å²) >= 11 is 0. The first-order chi connectivity index (χ1) is 6.61. The second-order valence-corrected chi connectivity index (χ2v) is 2.68. The Morgan fingerprint density at radius 3 is 2.64 bits per heavy atom. The number of nitrogens with zero attached hydrogens (tertiary/aromatic N) is 2. The maximum atomic E-state index is 10.6. The van der Waals surface area contributed by atoms with Gasteiger partial charge in [0.25, 0.3) is 0 Å². The third-order valence-electron chi connectivity index (χ3n) is 1.86. The van der Waals surface area contributed by atoms with E-state index in [1.165, 1.54) is 19.2 Å². The molecule has 0 saturated carbocycles. The van der Waals surface area contributed by atoms with Crippen LogP contribution in [0.1, 0.15) is 11.1 Å². The third-order valence-corrected chi connectivity index (χ3v) is 1.86. The quantitative estimate of drug-likeness (QED) is 0.528. The minimum atomic E-state index is -0.570. The maximum Gasteiger partial charge on any atom is 0.312 e. The molecule has 1 aromatic carbocycles. The highest BCUT2D eigenvalue weighted by Gasteiger charge is 2.19. The molecule has 0 amide bonds. The summed E-state index contributed by atoms with van der Waals surface area (Å²) in [6.07, 6.45) is 0. The predicted molar refractivity (Wildman–Crippen MR) is 49.1 cm³/mol. The van der Waals surface area contributed by atoms with Crippen LogP contribution in [0.25, 0.3) is 0 Å². The molecule has 0 aromatic heterocycles. The van der Waals surface area contributed by atoms with Crippen LogP contribution in [0.5, 0.6) is 5.75 Å². The van der Waals surface area contributed by atoms with Crippen molar-refractivity contribution >= 4 is 5.69 Å². The molecule has 5 heteroatoms. The number of nitriles is 1. The molecular formula is C9H8N2O3. The average molecular weight is 192 g/mol. The Bertz CT molecular complexity index is 421. The van der Waals surface area contributed by atoms with E-state index < -0.39 is 4.92 Å². The second kappa shape index (κ2) is 3.75. The van der Waals surface area contributed by atoms with E-state index in [1.54, 1.807) is 6.92 Å². The topological polar surface area (TPSA) is 76.2 Å². The fraction of sp³-hybridized carbons (Fsp3) is 0.222. The number of hydrogen-bond acceptors (Lipinski definition) is 4. The van der Waals surface area contributed by atoms with Crippen LogP contribution in [0, 0.1) is 28.4 Å². The van der Waals surface area contributed by atoms with Gasteiger partial charge in [-0.3, -0.25) is 10.1 Å². The Morgan fingerprint density at radius 2 is 2.21 bits per heavy atom. The maximum absolute atomic E-state index is 10.6. The first-order valence-corrected chi connectivity index (χ1v) is 3.84. The van der Waals surface area contributed by atoms with Crippen LogP contribution < -0.4 is 4.74 Å². The van der Waals surface area contributed by atoms with Crippen LogP contribution in [0.15, 0.2) is 12.1 Å². The van der Waals surface area contributed by atoms with Crippen LogP contribution in [0.4, 0.5) is 5.69 Å². The summed E-state index contributed by atoms with van der Waals surface area (Å²) in [6, 6.07) is 4.74. The van der Waals surface area contributed by atoms with Gasteiger partial charge in [-0.25, -0.2) is 0 Å². The number of nitro groups is 1. The normalized spacial score (nSPS) is 9.21. The van der Waals surface area contributed by atoms with Crippen LogP contribution >= 0.6 is 0 Å².